The number of likely N-dealkylation sites (tertiary alicyclic amines) is 1. The second-order valence-corrected chi connectivity index (χ2v) is 5.58. The zero-order chi connectivity index (χ0) is 13.8. The molecule has 0 saturated carbocycles. The van der Waals surface area contributed by atoms with Crippen LogP contribution in [-0.4, -0.2) is 30.6 Å². The Morgan fingerprint density at radius 2 is 2.21 bits per heavy atom. The molecule has 0 radical (unpaired) electrons. The van der Waals surface area contributed by atoms with E-state index in [4.69, 9.17) is 27.9 Å². The Balaban J connectivity index is 2.13. The molecule has 0 amide bonds. The van der Waals surface area contributed by atoms with E-state index >= 15 is 0 Å². The molecule has 5 heteroatoms. The largest absolute Gasteiger partial charge is 0.468 e. The molecule has 0 aliphatic carbocycles. The van der Waals surface area contributed by atoms with Crippen LogP contribution in [0.5, 0.6) is 0 Å². The highest BCUT2D eigenvalue weighted by molar-refractivity contribution is 6.35. The van der Waals surface area contributed by atoms with Crippen LogP contribution >= 0.6 is 23.2 Å². The fourth-order valence-electron chi connectivity index (χ4n) is 2.45. The number of carbonyl (C=O) groups excluding carboxylic acids is 1. The number of nitrogens with zero attached hydrogens (tertiary/aromatic N) is 1. The lowest BCUT2D eigenvalue weighted by atomic mass is 10.0. The van der Waals surface area contributed by atoms with E-state index in [0.29, 0.717) is 16.6 Å². The minimum absolute atomic E-state index is 0.162. The van der Waals surface area contributed by atoms with Gasteiger partial charge in [0, 0.05) is 16.6 Å². The Bertz CT molecular complexity index is 465. The van der Waals surface area contributed by atoms with E-state index in [1.54, 1.807) is 6.07 Å². The molecule has 1 aliphatic rings. The maximum absolute atomic E-state index is 11.8. The minimum atomic E-state index is -0.162. The summed E-state index contributed by atoms with van der Waals surface area (Å²) in [6, 6.07) is 5.30. The molecule has 104 valence electrons. The maximum Gasteiger partial charge on any atom is 0.323 e. The second kappa shape index (κ2) is 6.60. The highest BCUT2D eigenvalue weighted by Crippen LogP contribution is 2.26. The Labute approximate surface area is 123 Å². The van der Waals surface area contributed by atoms with E-state index in [-0.39, 0.29) is 12.0 Å². The van der Waals surface area contributed by atoms with Gasteiger partial charge in [-0.25, -0.2) is 0 Å². The summed E-state index contributed by atoms with van der Waals surface area (Å²) in [5.41, 5.74) is 0.988. The van der Waals surface area contributed by atoms with Gasteiger partial charge in [-0.15, -0.1) is 0 Å². The number of hydrogen-bond acceptors (Lipinski definition) is 3. The van der Waals surface area contributed by atoms with Gasteiger partial charge < -0.3 is 4.74 Å². The summed E-state index contributed by atoms with van der Waals surface area (Å²) in [5.74, 6) is -0.162. The van der Waals surface area contributed by atoms with Gasteiger partial charge in [0.05, 0.1) is 7.11 Å². The van der Waals surface area contributed by atoms with E-state index in [1.165, 1.54) is 7.11 Å². The van der Waals surface area contributed by atoms with Crippen molar-refractivity contribution in [3.63, 3.8) is 0 Å². The fraction of sp³-hybridized carbons (Fsp3) is 0.500. The third kappa shape index (κ3) is 3.62. The van der Waals surface area contributed by atoms with E-state index in [9.17, 15) is 4.79 Å². The number of carbonyl (C=O) groups is 1. The number of methoxy groups -OCH3 is 1. The number of rotatable bonds is 3. The molecule has 1 heterocycles. The van der Waals surface area contributed by atoms with Gasteiger partial charge in [-0.1, -0.05) is 35.7 Å². The average molecular weight is 302 g/mol. The van der Waals surface area contributed by atoms with Gasteiger partial charge in [0.2, 0.25) is 0 Å². The molecule has 2 rings (SSSR count). The second-order valence-electron chi connectivity index (χ2n) is 4.74. The first kappa shape index (κ1) is 14.6. The lowest BCUT2D eigenvalue weighted by Gasteiger charge is -2.33. The van der Waals surface area contributed by atoms with Gasteiger partial charge in [-0.3, -0.25) is 9.69 Å². The van der Waals surface area contributed by atoms with E-state index in [1.807, 2.05) is 12.1 Å². The summed E-state index contributed by atoms with van der Waals surface area (Å²) in [7, 11) is 1.43. The Kier molecular flexibility index (Phi) is 5.08. The average Bonchev–Trinajstić information content (AvgIpc) is 2.41. The number of ether oxygens (including phenoxy) is 1. The van der Waals surface area contributed by atoms with E-state index in [0.717, 1.165) is 31.4 Å². The van der Waals surface area contributed by atoms with Gasteiger partial charge in [0.15, 0.2) is 0 Å². The molecule has 0 aromatic heterocycles. The summed E-state index contributed by atoms with van der Waals surface area (Å²) < 4.78 is 4.87. The van der Waals surface area contributed by atoms with Crippen molar-refractivity contribution in [3.05, 3.63) is 33.8 Å². The number of hydrogen-bond donors (Lipinski definition) is 0. The van der Waals surface area contributed by atoms with Crippen LogP contribution in [0.2, 0.25) is 10.0 Å². The summed E-state index contributed by atoms with van der Waals surface area (Å²) in [6.07, 6.45) is 3.00. The summed E-state index contributed by atoms with van der Waals surface area (Å²) in [4.78, 5) is 13.9. The van der Waals surface area contributed by atoms with Crippen LogP contribution in [0.1, 0.15) is 24.8 Å². The topological polar surface area (TPSA) is 29.5 Å². The minimum Gasteiger partial charge on any atom is -0.468 e. The first-order valence-electron chi connectivity index (χ1n) is 6.37. The van der Waals surface area contributed by atoms with Crippen molar-refractivity contribution in [1.29, 1.82) is 0 Å². The summed E-state index contributed by atoms with van der Waals surface area (Å²) in [5, 5.41) is 1.26. The van der Waals surface area contributed by atoms with Crippen LogP contribution in [0.25, 0.3) is 0 Å². The highest BCUT2D eigenvalue weighted by atomic mass is 35.5. The first-order valence-corrected chi connectivity index (χ1v) is 7.13. The molecule has 1 fully saturated rings. The lowest BCUT2D eigenvalue weighted by Crippen LogP contribution is -2.44. The van der Waals surface area contributed by atoms with Crippen molar-refractivity contribution >= 4 is 29.2 Å². The standard InChI is InChI=1S/C14H17Cl2NO2/c1-19-14(18)13-4-2-3-7-17(13)9-10-5-6-11(15)8-12(10)16/h5-6,8,13H,2-4,7,9H2,1H3/t13-/m1/s1. The van der Waals surface area contributed by atoms with Crippen molar-refractivity contribution in [2.24, 2.45) is 0 Å². The van der Waals surface area contributed by atoms with Gasteiger partial charge in [0.1, 0.15) is 6.04 Å². The molecule has 1 saturated heterocycles. The monoisotopic (exact) mass is 301 g/mol. The Morgan fingerprint density at radius 1 is 1.42 bits per heavy atom. The number of benzene rings is 1. The molecule has 1 aromatic rings. The van der Waals surface area contributed by atoms with Crippen LogP contribution in [0.3, 0.4) is 0 Å². The molecule has 0 N–H and O–H groups in total. The number of piperidine rings is 1. The first-order chi connectivity index (χ1) is 9.11. The van der Waals surface area contributed by atoms with Gasteiger partial charge in [-0.05, 0) is 37.1 Å². The molecular weight excluding hydrogens is 285 g/mol. The predicted molar refractivity (Wildman–Crippen MR) is 76.5 cm³/mol. The summed E-state index contributed by atoms with van der Waals surface area (Å²) in [6.45, 7) is 1.54. The molecule has 1 aliphatic heterocycles. The molecule has 0 unspecified atom stereocenters. The molecule has 1 atom stereocenters. The number of esters is 1. The normalized spacial score (nSPS) is 20.3. The Hall–Kier alpha value is -0.770. The van der Waals surface area contributed by atoms with Crippen molar-refractivity contribution in [2.45, 2.75) is 31.8 Å². The van der Waals surface area contributed by atoms with E-state index in [2.05, 4.69) is 4.90 Å². The third-order valence-electron chi connectivity index (χ3n) is 3.48. The lowest BCUT2D eigenvalue weighted by molar-refractivity contribution is -0.148. The van der Waals surface area contributed by atoms with Crippen LogP contribution in [0, 0.1) is 0 Å². The SMILES string of the molecule is COC(=O)[C@H]1CCCCN1Cc1ccc(Cl)cc1Cl. The smallest absolute Gasteiger partial charge is 0.323 e. The Morgan fingerprint density at radius 3 is 2.89 bits per heavy atom. The maximum atomic E-state index is 11.8. The van der Waals surface area contributed by atoms with Crippen LogP contribution in [0.4, 0.5) is 0 Å². The van der Waals surface area contributed by atoms with Crippen molar-refractivity contribution in [1.82, 2.24) is 4.90 Å². The van der Waals surface area contributed by atoms with Gasteiger partial charge in [0.25, 0.3) is 0 Å². The molecular formula is C14H17Cl2NO2. The number of halogens is 2. The molecule has 19 heavy (non-hydrogen) atoms. The fourth-order valence-corrected chi connectivity index (χ4v) is 2.92. The van der Waals surface area contributed by atoms with Crippen molar-refractivity contribution < 1.29 is 9.53 Å². The molecule has 3 nitrogen and oxygen atoms in total. The zero-order valence-corrected chi connectivity index (χ0v) is 12.4. The van der Waals surface area contributed by atoms with Crippen LogP contribution in [-0.2, 0) is 16.1 Å². The molecule has 0 bridgehead atoms. The van der Waals surface area contributed by atoms with Crippen LogP contribution in [0.15, 0.2) is 18.2 Å². The predicted octanol–water partition coefficient (Wildman–Crippen LogP) is 3.52. The van der Waals surface area contributed by atoms with Gasteiger partial charge >= 0.3 is 5.97 Å². The van der Waals surface area contributed by atoms with E-state index < -0.39 is 0 Å². The summed E-state index contributed by atoms with van der Waals surface area (Å²) >= 11 is 12.1. The third-order valence-corrected chi connectivity index (χ3v) is 4.06. The van der Waals surface area contributed by atoms with Crippen molar-refractivity contribution in [3.8, 4) is 0 Å². The van der Waals surface area contributed by atoms with Crippen molar-refractivity contribution in [2.75, 3.05) is 13.7 Å². The molecule has 1 aromatic carbocycles. The quantitative estimate of drug-likeness (QED) is 0.800. The van der Waals surface area contributed by atoms with Gasteiger partial charge in [-0.2, -0.15) is 0 Å². The van der Waals surface area contributed by atoms with Crippen LogP contribution < -0.4 is 0 Å². The highest BCUT2D eigenvalue weighted by Gasteiger charge is 2.29. The zero-order valence-electron chi connectivity index (χ0n) is 10.9. The molecule has 0 spiro atoms.